The van der Waals surface area contributed by atoms with E-state index in [1.807, 2.05) is 13.2 Å². The van der Waals surface area contributed by atoms with Crippen molar-refractivity contribution in [1.82, 2.24) is 9.96 Å². The highest BCUT2D eigenvalue weighted by Gasteiger charge is 2.41. The molecule has 1 aliphatic carbocycles. The fourth-order valence-corrected chi connectivity index (χ4v) is 5.35. The number of amides is 3. The topological polar surface area (TPSA) is 107 Å². The molecule has 0 aromatic rings. The predicted octanol–water partition coefficient (Wildman–Crippen LogP) is 2.37. The number of carbonyl (C=O) groups excluding carboxylic acids is 3. The summed E-state index contributed by atoms with van der Waals surface area (Å²) in [6.45, 7) is 2.59. The van der Waals surface area contributed by atoms with Crippen LogP contribution in [0, 0.1) is 5.21 Å². The van der Waals surface area contributed by atoms with Crippen LogP contribution in [0.25, 0.3) is 0 Å². The second-order valence-electron chi connectivity index (χ2n) is 7.73. The first kappa shape index (κ1) is 23.5. The number of nitrogens with zero attached hydrogens (tertiary/aromatic N) is 2. The molecule has 0 spiro atoms. The lowest BCUT2D eigenvalue weighted by atomic mass is 9.93. The largest absolute Gasteiger partial charge is 0.756 e. The molecule has 1 saturated carbocycles. The maximum absolute atomic E-state index is 12.4. The van der Waals surface area contributed by atoms with Gasteiger partial charge < -0.3 is 16.0 Å². The van der Waals surface area contributed by atoms with E-state index in [1.165, 1.54) is 4.90 Å². The Labute approximate surface area is 176 Å². The molecule has 0 aromatic heterocycles. The number of thioether (sulfide) groups is 2. The van der Waals surface area contributed by atoms with Gasteiger partial charge in [0.2, 0.25) is 17.7 Å². The average Bonchev–Trinajstić information content (AvgIpc) is 2.89. The van der Waals surface area contributed by atoms with Gasteiger partial charge in [0.1, 0.15) is 0 Å². The van der Waals surface area contributed by atoms with Gasteiger partial charge in [0.25, 0.3) is 0 Å². The van der Waals surface area contributed by atoms with E-state index in [2.05, 4.69) is 0 Å². The average molecular weight is 431 g/mol. The Kier molecular flexibility index (Phi) is 9.59. The standard InChI is InChI=1S/C19H32N3O4S2/c1-13(27-2)9-18(24)22(26)8-6-4-3-5-7-21-17(23)12-16(19(21)25)28-15-10-14(20)11-15/h13-16H,3-12,20H2,1-2H3/q-1. The highest BCUT2D eigenvalue weighted by molar-refractivity contribution is 8.01. The highest BCUT2D eigenvalue weighted by Crippen LogP contribution is 2.37. The van der Waals surface area contributed by atoms with E-state index in [1.54, 1.807) is 23.5 Å². The normalized spacial score (nSPS) is 25.7. The first-order valence-corrected chi connectivity index (χ1v) is 12.3. The molecule has 2 fully saturated rings. The van der Waals surface area contributed by atoms with Gasteiger partial charge in [-0.05, 0) is 31.9 Å². The Bertz CT molecular complexity index is 557. The minimum Gasteiger partial charge on any atom is -0.756 e. The maximum Gasteiger partial charge on any atom is 0.242 e. The molecule has 28 heavy (non-hydrogen) atoms. The van der Waals surface area contributed by atoms with Gasteiger partial charge in [-0.1, -0.05) is 19.8 Å². The van der Waals surface area contributed by atoms with Crippen molar-refractivity contribution in [3.8, 4) is 0 Å². The summed E-state index contributed by atoms with van der Waals surface area (Å²) in [6.07, 6.45) is 7.37. The second kappa shape index (κ2) is 11.4. The van der Waals surface area contributed by atoms with Crippen LogP contribution in [-0.4, -0.2) is 68.8 Å². The number of hydroxylamine groups is 2. The number of nitrogens with two attached hydrogens (primary N) is 1. The number of hydrogen-bond donors (Lipinski definition) is 1. The number of likely N-dealkylation sites (tertiary alicyclic amines) is 1. The van der Waals surface area contributed by atoms with E-state index in [9.17, 15) is 19.6 Å². The summed E-state index contributed by atoms with van der Waals surface area (Å²) >= 11 is 3.18. The molecule has 1 saturated heterocycles. The summed E-state index contributed by atoms with van der Waals surface area (Å²) in [5, 5.41) is 12.6. The fourth-order valence-electron chi connectivity index (χ4n) is 3.38. The molecule has 0 radical (unpaired) electrons. The van der Waals surface area contributed by atoms with Crippen LogP contribution in [-0.2, 0) is 14.4 Å². The highest BCUT2D eigenvalue weighted by atomic mass is 32.2. The number of rotatable bonds is 12. The summed E-state index contributed by atoms with van der Waals surface area (Å²) in [4.78, 5) is 37.7. The van der Waals surface area contributed by atoms with E-state index in [0.29, 0.717) is 29.7 Å². The summed E-state index contributed by atoms with van der Waals surface area (Å²) in [5.74, 6) is -0.494. The molecule has 7 nitrogen and oxygen atoms in total. The van der Waals surface area contributed by atoms with Crippen LogP contribution in [0.4, 0.5) is 0 Å². The van der Waals surface area contributed by atoms with Crippen LogP contribution in [0.3, 0.4) is 0 Å². The smallest absolute Gasteiger partial charge is 0.242 e. The molecule has 2 rings (SSSR count). The van der Waals surface area contributed by atoms with E-state index < -0.39 is 0 Å². The molecule has 2 atom stereocenters. The third kappa shape index (κ3) is 6.93. The number of hydrogen-bond acceptors (Lipinski definition) is 7. The third-order valence-electron chi connectivity index (χ3n) is 5.33. The van der Waals surface area contributed by atoms with E-state index >= 15 is 0 Å². The molecule has 9 heteroatoms. The van der Waals surface area contributed by atoms with Gasteiger partial charge in [-0.2, -0.15) is 11.8 Å². The van der Waals surface area contributed by atoms with Gasteiger partial charge in [0, 0.05) is 42.5 Å². The molecular formula is C19H32N3O4S2-. The first-order valence-electron chi connectivity index (χ1n) is 10.1. The molecular weight excluding hydrogens is 398 g/mol. The Balaban J connectivity index is 1.57. The zero-order valence-electron chi connectivity index (χ0n) is 16.8. The second-order valence-corrected chi connectivity index (χ2v) is 10.5. The van der Waals surface area contributed by atoms with Gasteiger partial charge in [-0.15, -0.1) is 11.8 Å². The lowest BCUT2D eigenvalue weighted by Crippen LogP contribution is -2.40. The molecule has 2 N–H and O–H groups in total. The van der Waals surface area contributed by atoms with Crippen molar-refractivity contribution in [2.75, 3.05) is 19.3 Å². The van der Waals surface area contributed by atoms with Gasteiger partial charge >= 0.3 is 0 Å². The molecule has 2 unspecified atom stereocenters. The van der Waals surface area contributed by atoms with Crippen molar-refractivity contribution < 1.29 is 14.4 Å². The summed E-state index contributed by atoms with van der Waals surface area (Å²) in [7, 11) is 0. The molecule has 2 aliphatic rings. The monoisotopic (exact) mass is 430 g/mol. The zero-order chi connectivity index (χ0) is 20.7. The van der Waals surface area contributed by atoms with Gasteiger partial charge in [-0.3, -0.25) is 19.3 Å². The van der Waals surface area contributed by atoms with Crippen LogP contribution in [0.1, 0.15) is 58.3 Å². The van der Waals surface area contributed by atoms with E-state index in [4.69, 9.17) is 5.73 Å². The molecule has 1 heterocycles. The van der Waals surface area contributed by atoms with Gasteiger partial charge in [0.05, 0.1) is 5.25 Å². The fraction of sp³-hybridized carbons (Fsp3) is 0.842. The van der Waals surface area contributed by atoms with Crippen molar-refractivity contribution in [3.05, 3.63) is 5.21 Å². The van der Waals surface area contributed by atoms with Gasteiger partial charge in [0.15, 0.2) is 0 Å². The minimum atomic E-state index is -0.355. The maximum atomic E-state index is 12.4. The molecule has 3 amide bonds. The van der Waals surface area contributed by atoms with Crippen LogP contribution < -0.4 is 5.73 Å². The van der Waals surface area contributed by atoms with Crippen LogP contribution in [0.15, 0.2) is 0 Å². The zero-order valence-corrected chi connectivity index (χ0v) is 18.4. The summed E-state index contributed by atoms with van der Waals surface area (Å²) in [6, 6.07) is 0.245. The van der Waals surface area contributed by atoms with Crippen LogP contribution in [0.2, 0.25) is 0 Å². The summed E-state index contributed by atoms with van der Waals surface area (Å²) in [5.41, 5.74) is 5.78. The van der Waals surface area contributed by atoms with Crippen molar-refractivity contribution in [2.24, 2.45) is 5.73 Å². The SMILES string of the molecule is CSC(C)CC(=O)N([O-])CCCCCCN1C(=O)CC(SC2CC(N)C2)C1=O. The van der Waals surface area contributed by atoms with E-state index in [-0.39, 0.29) is 47.2 Å². The van der Waals surface area contributed by atoms with Crippen molar-refractivity contribution in [2.45, 2.75) is 80.1 Å². The van der Waals surface area contributed by atoms with Crippen LogP contribution in [0.5, 0.6) is 0 Å². The van der Waals surface area contributed by atoms with Crippen molar-refractivity contribution in [3.63, 3.8) is 0 Å². The summed E-state index contributed by atoms with van der Waals surface area (Å²) < 4.78 is 0. The quantitative estimate of drug-likeness (QED) is 0.288. The predicted molar refractivity (Wildman–Crippen MR) is 115 cm³/mol. The van der Waals surface area contributed by atoms with Gasteiger partial charge in [-0.25, -0.2) is 0 Å². The minimum absolute atomic E-state index is 0.0604. The Morgan fingerprint density at radius 1 is 1.29 bits per heavy atom. The molecule has 160 valence electrons. The van der Waals surface area contributed by atoms with Crippen molar-refractivity contribution >= 4 is 41.2 Å². The Morgan fingerprint density at radius 3 is 2.61 bits per heavy atom. The number of carbonyl (C=O) groups is 3. The molecule has 0 bridgehead atoms. The Morgan fingerprint density at radius 2 is 1.96 bits per heavy atom. The number of imide groups is 1. The lowest BCUT2D eigenvalue weighted by Gasteiger charge is -2.33. The van der Waals surface area contributed by atoms with E-state index in [0.717, 1.165) is 32.1 Å². The van der Waals surface area contributed by atoms with Crippen molar-refractivity contribution in [1.29, 1.82) is 0 Å². The third-order valence-corrected chi connectivity index (χ3v) is 7.76. The lowest BCUT2D eigenvalue weighted by molar-refractivity contribution is -0.138. The first-order chi connectivity index (χ1) is 13.3. The van der Waals surface area contributed by atoms with Crippen LogP contribution >= 0.6 is 23.5 Å². The molecule has 1 aliphatic heterocycles. The Hall–Kier alpha value is -0.770. The molecule has 0 aromatic carbocycles. The number of unbranched alkanes of at least 4 members (excludes halogenated alkanes) is 3.